The van der Waals surface area contributed by atoms with Crippen LogP contribution in [0.3, 0.4) is 0 Å². The van der Waals surface area contributed by atoms with E-state index in [9.17, 15) is 38.5 Å². The lowest BCUT2D eigenvalue weighted by Crippen LogP contribution is -2.30. The third-order valence-corrected chi connectivity index (χ3v) is 3.70. The number of alkyl halides is 3. The molecular weight excluding hydrogens is 375 g/mol. The van der Waals surface area contributed by atoms with Gasteiger partial charge in [-0.25, -0.2) is 0 Å². The van der Waals surface area contributed by atoms with Crippen LogP contribution in [0.25, 0.3) is 0 Å². The summed E-state index contributed by atoms with van der Waals surface area (Å²) in [4.78, 5) is 20.0. The quantitative estimate of drug-likeness (QED) is 0.568. The molecule has 2 aromatic rings. The van der Waals surface area contributed by atoms with Crippen LogP contribution in [0.4, 0.5) is 30.2 Å². The molecule has 0 saturated carbocycles. The first-order valence-electron chi connectivity index (χ1n) is 7.40. The maximum Gasteiger partial charge on any atom is 0.416 e. The zero-order valence-electron chi connectivity index (χ0n) is 14.0. The summed E-state index contributed by atoms with van der Waals surface area (Å²) in [5.74, 6) is 0.543. The van der Waals surface area contributed by atoms with Gasteiger partial charge in [0.25, 0.3) is 11.4 Å². The molecule has 12 heteroatoms. The molecule has 9 nitrogen and oxygen atoms in total. The number of hydrogen-bond donors (Lipinski definition) is 2. The molecular formula is C15H14F3N3O6. The molecule has 1 unspecified atom stereocenters. The molecule has 0 bridgehead atoms. The van der Waals surface area contributed by atoms with Crippen LogP contribution >= 0.6 is 0 Å². The Labute approximate surface area is 149 Å². The predicted octanol–water partition coefficient (Wildman–Crippen LogP) is 3.74. The van der Waals surface area contributed by atoms with Gasteiger partial charge in [-0.2, -0.15) is 13.2 Å². The zero-order valence-corrected chi connectivity index (χ0v) is 14.0. The fourth-order valence-electron chi connectivity index (χ4n) is 2.32. The van der Waals surface area contributed by atoms with E-state index in [2.05, 4.69) is 5.32 Å². The van der Waals surface area contributed by atoms with Gasteiger partial charge in [0, 0.05) is 12.1 Å². The van der Waals surface area contributed by atoms with E-state index in [0.717, 1.165) is 0 Å². The zero-order chi connectivity index (χ0) is 20.6. The van der Waals surface area contributed by atoms with Gasteiger partial charge >= 0.3 is 6.18 Å². The first-order chi connectivity index (χ1) is 12.3. The third-order valence-electron chi connectivity index (χ3n) is 3.70. The summed E-state index contributed by atoms with van der Waals surface area (Å²) in [6.07, 6.45) is -5.01. The van der Waals surface area contributed by atoms with E-state index < -0.39 is 50.8 Å². The summed E-state index contributed by atoms with van der Waals surface area (Å²) < 4.78 is 43.9. The molecule has 1 aromatic heterocycles. The van der Waals surface area contributed by atoms with E-state index in [1.807, 2.05) is 0 Å². The number of nitrogens with one attached hydrogen (secondary N) is 1. The Morgan fingerprint density at radius 3 is 2.04 bits per heavy atom. The van der Waals surface area contributed by atoms with Crippen LogP contribution in [0.2, 0.25) is 0 Å². The average Bonchev–Trinajstić information content (AvgIpc) is 2.98. The number of nitrogens with zero attached hydrogens (tertiary/aromatic N) is 2. The van der Waals surface area contributed by atoms with E-state index in [1.54, 1.807) is 13.0 Å². The Morgan fingerprint density at radius 1 is 1.15 bits per heavy atom. The molecule has 1 atom stereocenters. The molecule has 0 aliphatic rings. The molecule has 0 aliphatic carbocycles. The van der Waals surface area contributed by atoms with Crippen LogP contribution in [-0.2, 0) is 11.8 Å². The molecule has 2 rings (SSSR count). The largest absolute Gasteiger partial charge is 0.463 e. The highest BCUT2D eigenvalue weighted by molar-refractivity contribution is 5.75. The Bertz CT molecular complexity index is 856. The molecule has 0 radical (unpaired) electrons. The average molecular weight is 389 g/mol. The van der Waals surface area contributed by atoms with Gasteiger partial charge < -0.3 is 14.8 Å². The standard InChI is InChI=1S/C15H14F3N3O6/c1-8-3-4-12(27-8)14(2,22)7-19-13-10(20(23)24)5-9(15(16,17)18)6-11(13)21(25)26/h3-6,19,22H,7H2,1-2H3. The Morgan fingerprint density at radius 2 is 1.67 bits per heavy atom. The number of benzene rings is 1. The van der Waals surface area contributed by atoms with Crippen LogP contribution in [-0.4, -0.2) is 21.5 Å². The van der Waals surface area contributed by atoms with Crippen molar-refractivity contribution in [2.24, 2.45) is 0 Å². The monoisotopic (exact) mass is 389 g/mol. The molecule has 0 spiro atoms. The third kappa shape index (κ3) is 4.34. The smallest absolute Gasteiger partial charge is 0.416 e. The summed E-state index contributed by atoms with van der Waals surface area (Å²) in [6.45, 7) is 2.39. The summed E-state index contributed by atoms with van der Waals surface area (Å²) in [6, 6.07) is 3.38. The Kier molecular flexibility index (Phi) is 5.13. The lowest BCUT2D eigenvalue weighted by molar-refractivity contribution is -0.392. The maximum absolute atomic E-state index is 12.9. The van der Waals surface area contributed by atoms with Gasteiger partial charge in [-0.1, -0.05) is 0 Å². The first-order valence-corrected chi connectivity index (χ1v) is 7.40. The lowest BCUT2D eigenvalue weighted by Gasteiger charge is -2.22. The van der Waals surface area contributed by atoms with Crippen molar-refractivity contribution in [1.29, 1.82) is 0 Å². The van der Waals surface area contributed by atoms with Crippen molar-refractivity contribution in [1.82, 2.24) is 0 Å². The van der Waals surface area contributed by atoms with Crippen molar-refractivity contribution in [3.05, 3.63) is 61.6 Å². The minimum Gasteiger partial charge on any atom is -0.463 e. The minimum atomic E-state index is -5.01. The van der Waals surface area contributed by atoms with E-state index >= 15 is 0 Å². The number of rotatable bonds is 6. The Balaban J connectivity index is 2.48. The second-order valence-electron chi connectivity index (χ2n) is 5.94. The fourth-order valence-corrected chi connectivity index (χ4v) is 2.32. The van der Waals surface area contributed by atoms with Crippen molar-refractivity contribution in [2.75, 3.05) is 11.9 Å². The molecule has 1 heterocycles. The van der Waals surface area contributed by atoms with Crippen LogP contribution in [0.5, 0.6) is 0 Å². The molecule has 0 fully saturated rings. The molecule has 27 heavy (non-hydrogen) atoms. The van der Waals surface area contributed by atoms with Crippen LogP contribution in [0.1, 0.15) is 24.0 Å². The van der Waals surface area contributed by atoms with E-state index in [-0.39, 0.29) is 17.9 Å². The van der Waals surface area contributed by atoms with E-state index in [0.29, 0.717) is 5.76 Å². The summed E-state index contributed by atoms with van der Waals surface area (Å²) in [5.41, 5.74) is -6.29. The number of nitro groups is 2. The van der Waals surface area contributed by atoms with Crippen molar-refractivity contribution >= 4 is 17.1 Å². The number of halogens is 3. The highest BCUT2D eigenvalue weighted by Gasteiger charge is 2.38. The van der Waals surface area contributed by atoms with Crippen molar-refractivity contribution in [2.45, 2.75) is 25.6 Å². The van der Waals surface area contributed by atoms with Crippen molar-refractivity contribution in [3.8, 4) is 0 Å². The first kappa shape index (κ1) is 20.2. The number of aliphatic hydroxyl groups is 1. The highest BCUT2D eigenvalue weighted by Crippen LogP contribution is 2.41. The van der Waals surface area contributed by atoms with Crippen LogP contribution in [0.15, 0.2) is 28.7 Å². The SMILES string of the molecule is Cc1ccc(C(C)(O)CNc2c([N+](=O)[O-])cc(C(F)(F)F)cc2[N+](=O)[O-])o1. The van der Waals surface area contributed by atoms with Gasteiger partial charge in [0.15, 0.2) is 5.69 Å². The minimum absolute atomic E-state index is 0.0738. The summed E-state index contributed by atoms with van der Waals surface area (Å²) >= 11 is 0. The molecule has 0 saturated heterocycles. The van der Waals surface area contributed by atoms with Crippen molar-refractivity contribution < 1.29 is 32.5 Å². The number of hydrogen-bond acceptors (Lipinski definition) is 7. The van der Waals surface area contributed by atoms with Crippen molar-refractivity contribution in [3.63, 3.8) is 0 Å². The Hall–Kier alpha value is -3.15. The topological polar surface area (TPSA) is 132 Å². The van der Waals surface area contributed by atoms with E-state index in [1.165, 1.54) is 13.0 Å². The number of anilines is 1. The second kappa shape index (κ2) is 6.87. The fraction of sp³-hybridized carbons (Fsp3) is 0.333. The van der Waals surface area contributed by atoms with Gasteiger partial charge in [0.2, 0.25) is 0 Å². The molecule has 0 aliphatic heterocycles. The predicted molar refractivity (Wildman–Crippen MR) is 86.3 cm³/mol. The number of nitro benzene ring substituents is 2. The van der Waals surface area contributed by atoms with Gasteiger partial charge in [0.05, 0.1) is 22.0 Å². The van der Waals surface area contributed by atoms with Gasteiger partial charge in [-0.05, 0) is 26.0 Å². The van der Waals surface area contributed by atoms with Gasteiger partial charge in [-0.3, -0.25) is 20.2 Å². The molecule has 2 N–H and O–H groups in total. The van der Waals surface area contributed by atoms with Gasteiger partial charge in [-0.15, -0.1) is 0 Å². The second-order valence-corrected chi connectivity index (χ2v) is 5.94. The van der Waals surface area contributed by atoms with E-state index in [4.69, 9.17) is 4.42 Å². The number of furan rings is 1. The number of aryl methyl sites for hydroxylation is 1. The molecule has 0 amide bonds. The van der Waals surface area contributed by atoms with Crippen LogP contribution in [0, 0.1) is 27.2 Å². The maximum atomic E-state index is 12.9. The summed E-state index contributed by atoms with van der Waals surface area (Å²) in [5, 5.41) is 35.1. The normalized spacial score (nSPS) is 13.9. The summed E-state index contributed by atoms with van der Waals surface area (Å²) in [7, 11) is 0. The van der Waals surface area contributed by atoms with Crippen LogP contribution < -0.4 is 5.32 Å². The van der Waals surface area contributed by atoms with Gasteiger partial charge in [0.1, 0.15) is 17.1 Å². The molecule has 146 valence electrons. The molecule has 1 aromatic carbocycles. The lowest BCUT2D eigenvalue weighted by atomic mass is 10.0. The highest BCUT2D eigenvalue weighted by atomic mass is 19.4.